The van der Waals surface area contributed by atoms with Crippen molar-refractivity contribution in [2.75, 3.05) is 19.6 Å². The van der Waals surface area contributed by atoms with Crippen molar-refractivity contribution in [1.29, 1.82) is 0 Å². The molecule has 1 aromatic rings. The molecule has 1 unspecified atom stereocenters. The van der Waals surface area contributed by atoms with Gasteiger partial charge in [-0.25, -0.2) is 8.42 Å². The van der Waals surface area contributed by atoms with Gasteiger partial charge in [0.2, 0.25) is 10.0 Å². The van der Waals surface area contributed by atoms with Crippen molar-refractivity contribution in [1.82, 2.24) is 9.62 Å². The fourth-order valence-electron chi connectivity index (χ4n) is 3.24. The molecule has 1 fully saturated rings. The van der Waals surface area contributed by atoms with Gasteiger partial charge in [0.1, 0.15) is 0 Å². The molecule has 0 saturated carbocycles. The highest BCUT2D eigenvalue weighted by Gasteiger charge is 2.31. The fourth-order valence-corrected chi connectivity index (χ4v) is 5.14. The third kappa shape index (κ3) is 2.50. The minimum atomic E-state index is -3.33. The molecule has 2 aliphatic rings. The molecule has 0 spiro atoms. The zero-order chi connectivity index (χ0) is 14.2. The molecule has 20 heavy (non-hydrogen) atoms. The van der Waals surface area contributed by atoms with Crippen LogP contribution in [0.5, 0.6) is 0 Å². The van der Waals surface area contributed by atoms with Gasteiger partial charge >= 0.3 is 0 Å². The number of benzene rings is 1. The summed E-state index contributed by atoms with van der Waals surface area (Å²) in [5.41, 5.74) is 2.15. The first kappa shape index (κ1) is 14.0. The third-order valence-corrected chi connectivity index (χ3v) is 6.28. The number of nitrogens with zero attached hydrogens (tertiary/aromatic N) is 1. The van der Waals surface area contributed by atoms with Crippen LogP contribution in [0.3, 0.4) is 0 Å². The molecule has 2 aliphatic heterocycles. The van der Waals surface area contributed by atoms with E-state index in [1.807, 2.05) is 12.1 Å². The van der Waals surface area contributed by atoms with Crippen LogP contribution in [0, 0.1) is 5.92 Å². The van der Waals surface area contributed by atoms with Gasteiger partial charge < -0.3 is 5.32 Å². The maximum absolute atomic E-state index is 12.9. The molecule has 110 valence electrons. The largest absolute Gasteiger partial charge is 0.312 e. The Morgan fingerprint density at radius 2 is 2.20 bits per heavy atom. The molecule has 2 heterocycles. The van der Waals surface area contributed by atoms with Gasteiger partial charge in [0.15, 0.2) is 0 Å². The van der Waals surface area contributed by atoms with Gasteiger partial charge in [-0.05, 0) is 48.9 Å². The number of nitrogens with one attached hydrogen (secondary N) is 1. The normalized spacial score (nSPS) is 24.4. The summed E-state index contributed by atoms with van der Waals surface area (Å²) < 4.78 is 27.5. The summed E-state index contributed by atoms with van der Waals surface area (Å²) in [5.74, 6) is 0.458. The highest BCUT2D eigenvalue weighted by atomic mass is 32.2. The average molecular weight is 294 g/mol. The van der Waals surface area contributed by atoms with Gasteiger partial charge in [-0.15, -0.1) is 0 Å². The van der Waals surface area contributed by atoms with Crippen molar-refractivity contribution in [3.8, 4) is 0 Å². The predicted octanol–water partition coefficient (Wildman–Crippen LogP) is 1.75. The molecular formula is C15H22N2O2S. The number of fused-ring (bicyclic) bond motifs is 1. The molecule has 1 atom stereocenters. The number of piperidine rings is 1. The maximum atomic E-state index is 12.9. The Labute approximate surface area is 121 Å². The van der Waals surface area contributed by atoms with Crippen LogP contribution in [0.25, 0.3) is 0 Å². The van der Waals surface area contributed by atoms with Crippen molar-refractivity contribution >= 4 is 10.0 Å². The minimum Gasteiger partial charge on any atom is -0.312 e. The zero-order valence-electron chi connectivity index (χ0n) is 11.9. The molecule has 0 radical (unpaired) electrons. The van der Waals surface area contributed by atoms with E-state index in [2.05, 4.69) is 12.2 Å². The van der Waals surface area contributed by atoms with Crippen LogP contribution in [-0.2, 0) is 23.0 Å². The van der Waals surface area contributed by atoms with E-state index in [9.17, 15) is 8.42 Å². The van der Waals surface area contributed by atoms with Gasteiger partial charge in [0.05, 0.1) is 4.90 Å². The molecule has 0 amide bonds. The smallest absolute Gasteiger partial charge is 0.243 e. The van der Waals surface area contributed by atoms with E-state index in [1.165, 1.54) is 0 Å². The molecule has 1 aromatic carbocycles. The Morgan fingerprint density at radius 3 is 3.00 bits per heavy atom. The number of sulfonamides is 1. The van der Waals surface area contributed by atoms with Crippen molar-refractivity contribution in [3.05, 3.63) is 29.3 Å². The lowest BCUT2D eigenvalue weighted by molar-refractivity contribution is 0.281. The summed E-state index contributed by atoms with van der Waals surface area (Å²) in [7, 11) is -3.33. The van der Waals surface area contributed by atoms with Gasteiger partial charge in [0.25, 0.3) is 0 Å². The van der Waals surface area contributed by atoms with Crippen LogP contribution in [0.4, 0.5) is 0 Å². The summed E-state index contributed by atoms with van der Waals surface area (Å²) in [6.45, 7) is 5.08. The first-order valence-electron chi connectivity index (χ1n) is 7.40. The second kappa shape index (κ2) is 5.47. The molecule has 0 bridgehead atoms. The predicted molar refractivity (Wildman–Crippen MR) is 79.0 cm³/mol. The minimum absolute atomic E-state index is 0.458. The molecule has 5 heteroatoms. The Bertz CT molecular complexity index is 598. The SMILES string of the molecule is CC1CCCN(S(=O)(=O)c2cccc3c2CCNC3)C1. The maximum Gasteiger partial charge on any atom is 0.243 e. The monoisotopic (exact) mass is 294 g/mol. The van der Waals surface area contributed by atoms with Gasteiger partial charge in [-0.1, -0.05) is 19.1 Å². The number of rotatable bonds is 2. The van der Waals surface area contributed by atoms with Crippen molar-refractivity contribution < 1.29 is 8.42 Å². The zero-order valence-corrected chi connectivity index (χ0v) is 12.7. The lowest BCUT2D eigenvalue weighted by Crippen LogP contribution is -2.40. The first-order valence-corrected chi connectivity index (χ1v) is 8.84. The van der Waals surface area contributed by atoms with Crippen LogP contribution in [0.2, 0.25) is 0 Å². The van der Waals surface area contributed by atoms with Crippen molar-refractivity contribution in [3.63, 3.8) is 0 Å². The summed E-state index contributed by atoms with van der Waals surface area (Å²) in [6.07, 6.45) is 2.90. The van der Waals surface area contributed by atoms with E-state index in [4.69, 9.17) is 0 Å². The lowest BCUT2D eigenvalue weighted by Gasteiger charge is -2.31. The fraction of sp³-hybridized carbons (Fsp3) is 0.600. The van der Waals surface area contributed by atoms with E-state index < -0.39 is 10.0 Å². The Hall–Kier alpha value is -0.910. The molecule has 4 nitrogen and oxygen atoms in total. The summed E-state index contributed by atoms with van der Waals surface area (Å²) in [5, 5.41) is 3.30. The third-order valence-electron chi connectivity index (χ3n) is 4.33. The molecule has 1 N–H and O–H groups in total. The van der Waals surface area contributed by atoms with Crippen LogP contribution in [0.1, 0.15) is 30.9 Å². The Kier molecular flexibility index (Phi) is 3.84. The quantitative estimate of drug-likeness (QED) is 0.904. The molecule has 3 rings (SSSR count). The van der Waals surface area contributed by atoms with E-state index in [-0.39, 0.29) is 0 Å². The van der Waals surface area contributed by atoms with Crippen LogP contribution >= 0.6 is 0 Å². The number of hydrogen-bond donors (Lipinski definition) is 1. The van der Waals surface area contributed by atoms with Crippen molar-refractivity contribution in [2.45, 2.75) is 37.6 Å². The topological polar surface area (TPSA) is 49.4 Å². The van der Waals surface area contributed by atoms with Crippen LogP contribution in [-0.4, -0.2) is 32.4 Å². The van der Waals surface area contributed by atoms with Crippen LogP contribution < -0.4 is 5.32 Å². The Morgan fingerprint density at radius 1 is 1.35 bits per heavy atom. The van der Waals surface area contributed by atoms with E-state index in [0.29, 0.717) is 23.9 Å². The first-order chi connectivity index (χ1) is 9.59. The average Bonchev–Trinajstić information content (AvgIpc) is 2.46. The van der Waals surface area contributed by atoms with E-state index >= 15 is 0 Å². The summed E-state index contributed by atoms with van der Waals surface area (Å²) in [6, 6.07) is 5.67. The van der Waals surface area contributed by atoms with Gasteiger partial charge in [-0.2, -0.15) is 4.31 Å². The lowest BCUT2D eigenvalue weighted by atomic mass is 10.0. The Balaban J connectivity index is 1.99. The molecular weight excluding hydrogens is 272 g/mol. The molecule has 0 aromatic heterocycles. The number of hydrogen-bond acceptors (Lipinski definition) is 3. The second-order valence-corrected chi connectivity index (χ2v) is 7.84. The van der Waals surface area contributed by atoms with E-state index in [1.54, 1.807) is 10.4 Å². The van der Waals surface area contributed by atoms with Crippen molar-refractivity contribution in [2.24, 2.45) is 5.92 Å². The molecule has 0 aliphatic carbocycles. The van der Waals surface area contributed by atoms with Gasteiger partial charge in [-0.3, -0.25) is 0 Å². The summed E-state index contributed by atoms with van der Waals surface area (Å²) in [4.78, 5) is 0.533. The highest BCUT2D eigenvalue weighted by molar-refractivity contribution is 7.89. The van der Waals surface area contributed by atoms with E-state index in [0.717, 1.165) is 43.5 Å². The van der Waals surface area contributed by atoms with Gasteiger partial charge in [0, 0.05) is 19.6 Å². The van der Waals surface area contributed by atoms with Crippen LogP contribution in [0.15, 0.2) is 23.1 Å². The highest BCUT2D eigenvalue weighted by Crippen LogP contribution is 2.28. The second-order valence-electron chi connectivity index (χ2n) is 5.93. The standard InChI is InChI=1S/C15H22N2O2S/c1-12-4-3-9-17(11-12)20(18,19)15-6-2-5-13-10-16-8-7-14(13)15/h2,5-6,12,16H,3-4,7-11H2,1H3. The molecule has 1 saturated heterocycles. The summed E-state index contributed by atoms with van der Waals surface area (Å²) >= 11 is 0.